The van der Waals surface area contributed by atoms with E-state index in [2.05, 4.69) is 19.9 Å². The van der Waals surface area contributed by atoms with Crippen LogP contribution in [0.4, 0.5) is 0 Å². The fraction of sp³-hybridized carbons (Fsp3) is 0.429. The predicted octanol–water partition coefficient (Wildman–Crippen LogP) is 1.20. The number of nitrogens with one attached hydrogen (secondary N) is 2. The van der Waals surface area contributed by atoms with E-state index in [1.807, 2.05) is 27.7 Å². The third kappa shape index (κ3) is 4.18. The molecule has 2 rings (SSSR count). The van der Waals surface area contributed by atoms with Crippen molar-refractivity contribution in [3.8, 4) is 11.5 Å². The van der Waals surface area contributed by atoms with Gasteiger partial charge in [0.1, 0.15) is 0 Å². The predicted molar refractivity (Wildman–Crippen MR) is 81.2 cm³/mol. The van der Waals surface area contributed by atoms with Crippen LogP contribution in [0.5, 0.6) is 11.5 Å². The van der Waals surface area contributed by atoms with Crippen LogP contribution in [0.3, 0.4) is 0 Å². The van der Waals surface area contributed by atoms with E-state index >= 15 is 0 Å². The van der Waals surface area contributed by atoms with Gasteiger partial charge in [-0.3, -0.25) is 9.59 Å². The van der Waals surface area contributed by atoms with Crippen molar-refractivity contribution < 1.29 is 10.2 Å². The Morgan fingerprint density at radius 3 is 1.36 bits per heavy atom. The molecule has 0 fully saturated rings. The zero-order valence-electron chi connectivity index (χ0n) is 12.9. The Morgan fingerprint density at radius 2 is 1.14 bits per heavy atom. The van der Waals surface area contributed by atoms with Crippen molar-refractivity contribution in [2.45, 2.75) is 39.5 Å². The largest absolute Gasteiger partial charge is 0.502 e. The standard InChI is InChI=1S/2C7H10N2O2/c2*1-4(2)5-6(10)7(11)9-3-8-5/h2*3-4,10H,1-2H3,(H,8,9,11). The van der Waals surface area contributed by atoms with Crippen molar-refractivity contribution in [1.82, 2.24) is 19.9 Å². The number of rotatable bonds is 2. The SMILES string of the molecule is CC(C)c1nc[nH]c(=O)c1O.CC(C)c1nc[nH]c(=O)c1O. The Kier molecular flexibility index (Phi) is 5.85. The number of aromatic hydroxyl groups is 2. The summed E-state index contributed by atoms with van der Waals surface area (Å²) in [5.41, 5.74) is -0.0881. The summed E-state index contributed by atoms with van der Waals surface area (Å²) in [4.78, 5) is 33.8. The second kappa shape index (κ2) is 7.39. The van der Waals surface area contributed by atoms with E-state index in [9.17, 15) is 9.59 Å². The van der Waals surface area contributed by atoms with Crippen LogP contribution in [0.15, 0.2) is 22.2 Å². The first-order chi connectivity index (χ1) is 10.3. The summed E-state index contributed by atoms with van der Waals surface area (Å²) in [6, 6.07) is 0. The van der Waals surface area contributed by atoms with Crippen molar-refractivity contribution >= 4 is 0 Å². The molecule has 0 aliphatic carbocycles. The maximum Gasteiger partial charge on any atom is 0.293 e. The number of aromatic amines is 2. The highest BCUT2D eigenvalue weighted by Gasteiger charge is 2.09. The highest BCUT2D eigenvalue weighted by Crippen LogP contribution is 2.17. The minimum Gasteiger partial charge on any atom is -0.502 e. The maximum atomic E-state index is 10.8. The van der Waals surface area contributed by atoms with Crippen LogP contribution >= 0.6 is 0 Å². The molecule has 0 radical (unpaired) electrons. The molecule has 0 amide bonds. The van der Waals surface area contributed by atoms with Gasteiger partial charge >= 0.3 is 0 Å². The minimum atomic E-state index is -0.483. The Hall–Kier alpha value is -2.64. The van der Waals surface area contributed by atoms with E-state index in [1.165, 1.54) is 12.7 Å². The summed E-state index contributed by atoms with van der Waals surface area (Å²) in [5.74, 6) is -0.417. The molecule has 0 saturated carbocycles. The van der Waals surface area contributed by atoms with Gasteiger partial charge in [0.15, 0.2) is 0 Å². The molecule has 8 heteroatoms. The fourth-order valence-electron chi connectivity index (χ4n) is 1.66. The van der Waals surface area contributed by atoms with Crippen LogP contribution in [-0.2, 0) is 0 Å². The molecule has 0 saturated heterocycles. The van der Waals surface area contributed by atoms with Crippen LogP contribution in [0.2, 0.25) is 0 Å². The van der Waals surface area contributed by atoms with Gasteiger partial charge in [-0.2, -0.15) is 0 Å². The first kappa shape index (κ1) is 17.4. The van der Waals surface area contributed by atoms with Gasteiger partial charge in [-0.15, -0.1) is 0 Å². The molecule has 0 aliphatic heterocycles. The third-order valence-corrected chi connectivity index (χ3v) is 2.81. The minimum absolute atomic E-state index is 0.0669. The summed E-state index contributed by atoms with van der Waals surface area (Å²) in [6.45, 7) is 7.45. The zero-order valence-corrected chi connectivity index (χ0v) is 12.9. The number of hydrogen-bond donors (Lipinski definition) is 4. The summed E-state index contributed by atoms with van der Waals surface area (Å²) in [7, 11) is 0. The molecular formula is C14H20N4O4. The highest BCUT2D eigenvalue weighted by molar-refractivity contribution is 5.24. The average molecular weight is 308 g/mol. The van der Waals surface area contributed by atoms with Gasteiger partial charge in [0.25, 0.3) is 11.1 Å². The Bertz CT molecular complexity index is 671. The van der Waals surface area contributed by atoms with E-state index in [-0.39, 0.29) is 23.3 Å². The number of hydrogen-bond acceptors (Lipinski definition) is 6. The Balaban J connectivity index is 0.000000220. The average Bonchev–Trinajstić information content (AvgIpc) is 2.45. The molecule has 4 N–H and O–H groups in total. The molecule has 22 heavy (non-hydrogen) atoms. The zero-order chi connectivity index (χ0) is 16.9. The van der Waals surface area contributed by atoms with Gasteiger partial charge in [-0.05, 0) is 11.8 Å². The van der Waals surface area contributed by atoms with Crippen molar-refractivity contribution in [3.63, 3.8) is 0 Å². The summed E-state index contributed by atoms with van der Waals surface area (Å²) < 4.78 is 0. The second-order valence-corrected chi connectivity index (χ2v) is 5.24. The molecule has 8 nitrogen and oxygen atoms in total. The van der Waals surface area contributed by atoms with Gasteiger partial charge in [0, 0.05) is 0 Å². The van der Waals surface area contributed by atoms with Crippen molar-refractivity contribution in [2.24, 2.45) is 0 Å². The van der Waals surface area contributed by atoms with Gasteiger partial charge in [-0.25, -0.2) is 9.97 Å². The lowest BCUT2D eigenvalue weighted by Gasteiger charge is -2.03. The summed E-state index contributed by atoms with van der Waals surface area (Å²) >= 11 is 0. The van der Waals surface area contributed by atoms with Crippen LogP contribution in [-0.4, -0.2) is 30.1 Å². The van der Waals surface area contributed by atoms with E-state index in [0.29, 0.717) is 11.4 Å². The quantitative estimate of drug-likeness (QED) is 0.659. The highest BCUT2D eigenvalue weighted by atomic mass is 16.3. The number of aromatic nitrogens is 4. The molecule has 0 bridgehead atoms. The topological polar surface area (TPSA) is 132 Å². The Morgan fingerprint density at radius 1 is 0.818 bits per heavy atom. The lowest BCUT2D eigenvalue weighted by molar-refractivity contribution is 0.449. The molecule has 0 aromatic carbocycles. The van der Waals surface area contributed by atoms with E-state index < -0.39 is 11.1 Å². The number of H-pyrrole nitrogens is 2. The van der Waals surface area contributed by atoms with Crippen LogP contribution < -0.4 is 11.1 Å². The molecule has 120 valence electrons. The maximum absolute atomic E-state index is 10.8. The van der Waals surface area contributed by atoms with E-state index in [1.54, 1.807) is 0 Å². The molecule has 2 aromatic heterocycles. The van der Waals surface area contributed by atoms with Crippen LogP contribution in [0, 0.1) is 0 Å². The molecule has 0 spiro atoms. The summed E-state index contributed by atoms with van der Waals surface area (Å²) in [6.07, 6.45) is 2.58. The number of nitrogens with zero attached hydrogens (tertiary/aromatic N) is 2. The molecule has 0 aliphatic rings. The van der Waals surface area contributed by atoms with Crippen molar-refractivity contribution in [3.05, 3.63) is 44.8 Å². The molecule has 2 heterocycles. The fourth-order valence-corrected chi connectivity index (χ4v) is 1.66. The van der Waals surface area contributed by atoms with E-state index in [4.69, 9.17) is 10.2 Å². The third-order valence-electron chi connectivity index (χ3n) is 2.81. The van der Waals surface area contributed by atoms with Crippen LogP contribution in [0.25, 0.3) is 0 Å². The second-order valence-electron chi connectivity index (χ2n) is 5.24. The van der Waals surface area contributed by atoms with Gasteiger partial charge < -0.3 is 20.2 Å². The van der Waals surface area contributed by atoms with E-state index in [0.717, 1.165) is 0 Å². The normalized spacial score (nSPS) is 10.5. The first-order valence-electron chi connectivity index (χ1n) is 6.78. The monoisotopic (exact) mass is 308 g/mol. The van der Waals surface area contributed by atoms with Crippen molar-refractivity contribution in [2.75, 3.05) is 0 Å². The van der Waals surface area contributed by atoms with Crippen LogP contribution in [0.1, 0.15) is 50.9 Å². The smallest absolute Gasteiger partial charge is 0.293 e. The summed E-state index contributed by atoms with van der Waals surface area (Å²) in [5, 5.41) is 18.3. The Labute approximate surface area is 126 Å². The molecular weight excluding hydrogens is 288 g/mol. The lowest BCUT2D eigenvalue weighted by atomic mass is 10.1. The first-order valence-corrected chi connectivity index (χ1v) is 6.78. The molecule has 0 unspecified atom stereocenters. The van der Waals surface area contributed by atoms with Crippen molar-refractivity contribution in [1.29, 1.82) is 0 Å². The molecule has 2 aromatic rings. The molecule has 0 atom stereocenters. The van der Waals surface area contributed by atoms with Gasteiger partial charge in [-0.1, -0.05) is 27.7 Å². The van der Waals surface area contributed by atoms with Gasteiger partial charge in [0.05, 0.1) is 24.0 Å². The van der Waals surface area contributed by atoms with Gasteiger partial charge in [0.2, 0.25) is 11.5 Å². The lowest BCUT2D eigenvalue weighted by Crippen LogP contribution is -2.09.